The van der Waals surface area contributed by atoms with Crippen molar-refractivity contribution in [1.29, 1.82) is 0 Å². The van der Waals surface area contributed by atoms with Gasteiger partial charge in [-0.25, -0.2) is 9.59 Å². The Morgan fingerprint density at radius 3 is 2.22 bits per heavy atom. The van der Waals surface area contributed by atoms with Crippen LogP contribution in [-0.4, -0.2) is 80.8 Å². The fraction of sp³-hybridized carbons (Fsp3) is 0.318. The van der Waals surface area contributed by atoms with E-state index in [0.29, 0.717) is 11.3 Å². The molecule has 0 spiro atoms. The van der Waals surface area contributed by atoms with Crippen molar-refractivity contribution in [1.82, 2.24) is 0 Å². The van der Waals surface area contributed by atoms with E-state index in [-0.39, 0.29) is 27.9 Å². The van der Waals surface area contributed by atoms with Crippen LogP contribution in [0.15, 0.2) is 36.4 Å². The smallest absolute Gasteiger partial charge is 0.341 e. The van der Waals surface area contributed by atoms with Crippen molar-refractivity contribution < 1.29 is 54.1 Å². The fourth-order valence-electron chi connectivity index (χ4n) is 3.30. The van der Waals surface area contributed by atoms with E-state index in [1.54, 1.807) is 24.3 Å². The Morgan fingerprint density at radius 1 is 0.972 bits per heavy atom. The Kier molecular flexibility index (Phi) is 8.95. The summed E-state index contributed by atoms with van der Waals surface area (Å²) in [6.07, 6.45) is -9.25. The zero-order valence-corrected chi connectivity index (χ0v) is 19.7. The Balaban J connectivity index is 1.77. The molecule has 6 N–H and O–H groups in total. The third-order valence-electron chi connectivity index (χ3n) is 5.05. The average molecular weight is 546 g/mol. The van der Waals surface area contributed by atoms with Crippen molar-refractivity contribution in [2.75, 3.05) is 11.9 Å². The number of halogens is 2. The molecule has 12 nitrogen and oxygen atoms in total. The highest BCUT2D eigenvalue weighted by atomic mass is 35.5. The number of benzene rings is 2. The molecule has 2 aromatic carbocycles. The molecule has 0 aromatic heterocycles. The largest absolute Gasteiger partial charge is 0.479 e. The van der Waals surface area contributed by atoms with Crippen LogP contribution in [0.25, 0.3) is 0 Å². The summed E-state index contributed by atoms with van der Waals surface area (Å²) < 4.78 is 15.2. The molecule has 1 aliphatic rings. The summed E-state index contributed by atoms with van der Waals surface area (Å²) in [7, 11) is 0. The van der Waals surface area contributed by atoms with Crippen molar-refractivity contribution >= 4 is 52.5 Å². The lowest BCUT2D eigenvalue weighted by Gasteiger charge is -2.38. The normalized spacial score (nSPS) is 23.5. The number of ether oxygens (including phenoxy) is 3. The molecule has 5 atom stereocenters. The quantitative estimate of drug-likeness (QED) is 0.247. The number of aliphatic carboxylic acids is 2. The molecule has 0 radical (unpaired) electrons. The van der Waals surface area contributed by atoms with Crippen LogP contribution in [0.5, 0.6) is 5.75 Å². The number of rotatable bonds is 9. The van der Waals surface area contributed by atoms with Gasteiger partial charge >= 0.3 is 17.9 Å². The van der Waals surface area contributed by atoms with Crippen LogP contribution in [0.2, 0.25) is 10.0 Å². The summed E-state index contributed by atoms with van der Waals surface area (Å²) >= 11 is 12.7. The predicted molar refractivity (Wildman–Crippen MR) is 123 cm³/mol. The predicted octanol–water partition coefficient (Wildman–Crippen LogP) is 1.18. The molecule has 0 saturated carbocycles. The maximum Gasteiger partial charge on any atom is 0.341 e. The zero-order valence-electron chi connectivity index (χ0n) is 18.2. The number of aliphatic hydroxyl groups excluding tert-OH is 3. The SMILES string of the molecule is O=C(O)COC(=O)Cc1ccccc1Nc1c(Cl)cc(OC2O[C@H](C(=O)O)[C@@H](O)[C@H](O)[C@H]2O)cc1Cl. The maximum atomic E-state index is 11.9. The van der Waals surface area contributed by atoms with Gasteiger partial charge in [0.15, 0.2) is 12.7 Å². The lowest BCUT2D eigenvalue weighted by Crippen LogP contribution is -2.61. The van der Waals surface area contributed by atoms with Gasteiger partial charge in [0.05, 0.1) is 22.2 Å². The molecule has 0 bridgehead atoms. The first-order valence-electron chi connectivity index (χ1n) is 10.3. The number of anilines is 2. The van der Waals surface area contributed by atoms with Crippen molar-refractivity contribution in [3.63, 3.8) is 0 Å². The molecule has 14 heteroatoms. The van der Waals surface area contributed by atoms with Crippen LogP contribution < -0.4 is 10.1 Å². The first-order chi connectivity index (χ1) is 17.0. The van der Waals surface area contributed by atoms with E-state index in [9.17, 15) is 29.7 Å². The third-order valence-corrected chi connectivity index (χ3v) is 5.65. The van der Waals surface area contributed by atoms with E-state index in [0.717, 1.165) is 0 Å². The molecule has 0 amide bonds. The number of nitrogens with one attached hydrogen (secondary N) is 1. The lowest BCUT2D eigenvalue weighted by molar-refractivity contribution is -0.271. The molecule has 1 saturated heterocycles. The van der Waals surface area contributed by atoms with E-state index in [4.69, 9.17) is 42.9 Å². The molecule has 0 aliphatic carbocycles. The van der Waals surface area contributed by atoms with Gasteiger partial charge in [0.25, 0.3) is 0 Å². The van der Waals surface area contributed by atoms with Gasteiger partial charge in [-0.2, -0.15) is 0 Å². The number of para-hydroxylation sites is 1. The number of carboxylic acids is 2. The summed E-state index contributed by atoms with van der Waals surface area (Å²) in [6, 6.07) is 9.14. The number of carbonyl (C=O) groups excluding carboxylic acids is 1. The van der Waals surface area contributed by atoms with Gasteiger partial charge in [-0.3, -0.25) is 4.79 Å². The van der Waals surface area contributed by atoms with Crippen molar-refractivity contribution in [3.05, 3.63) is 52.0 Å². The van der Waals surface area contributed by atoms with Gasteiger partial charge in [0.1, 0.15) is 24.1 Å². The lowest BCUT2D eigenvalue weighted by atomic mass is 9.99. The number of hydrogen-bond acceptors (Lipinski definition) is 10. The van der Waals surface area contributed by atoms with E-state index >= 15 is 0 Å². The zero-order chi connectivity index (χ0) is 26.6. The first-order valence-corrected chi connectivity index (χ1v) is 11.0. The molecule has 1 unspecified atom stereocenters. The molecule has 36 heavy (non-hydrogen) atoms. The minimum Gasteiger partial charge on any atom is -0.479 e. The second-order valence-electron chi connectivity index (χ2n) is 7.63. The summed E-state index contributed by atoms with van der Waals surface area (Å²) in [5.74, 6) is -3.66. The Morgan fingerprint density at radius 2 is 1.61 bits per heavy atom. The highest BCUT2D eigenvalue weighted by molar-refractivity contribution is 6.39. The van der Waals surface area contributed by atoms with Gasteiger partial charge in [-0.15, -0.1) is 0 Å². The number of carboxylic acid groups (broad SMARTS) is 2. The van der Waals surface area contributed by atoms with Crippen LogP contribution in [0.3, 0.4) is 0 Å². The van der Waals surface area contributed by atoms with E-state index in [2.05, 4.69) is 10.1 Å². The third kappa shape index (κ3) is 6.55. The highest BCUT2D eigenvalue weighted by Crippen LogP contribution is 2.38. The van der Waals surface area contributed by atoms with Crippen LogP contribution in [0.1, 0.15) is 5.56 Å². The summed E-state index contributed by atoms with van der Waals surface area (Å²) in [5, 5.41) is 50.7. The summed E-state index contributed by atoms with van der Waals surface area (Å²) in [5.41, 5.74) is 1.10. The number of hydrogen-bond donors (Lipinski definition) is 6. The average Bonchev–Trinajstić information content (AvgIpc) is 2.81. The maximum absolute atomic E-state index is 11.9. The molecule has 3 rings (SSSR count). The van der Waals surface area contributed by atoms with Gasteiger partial charge < -0.3 is 45.1 Å². The van der Waals surface area contributed by atoms with Crippen molar-refractivity contribution in [2.45, 2.75) is 37.1 Å². The molecular formula is C22H21Cl2NO11. The summed E-state index contributed by atoms with van der Waals surface area (Å²) in [4.78, 5) is 33.8. The second kappa shape index (κ2) is 11.7. The molecule has 1 fully saturated rings. The Hall–Kier alpha value is -3.13. The van der Waals surface area contributed by atoms with Gasteiger partial charge in [0.2, 0.25) is 6.29 Å². The Bertz CT molecular complexity index is 1120. The molecule has 194 valence electrons. The van der Waals surface area contributed by atoms with Crippen LogP contribution in [0.4, 0.5) is 11.4 Å². The van der Waals surface area contributed by atoms with E-state index < -0.39 is 55.2 Å². The van der Waals surface area contributed by atoms with Gasteiger partial charge in [-0.1, -0.05) is 41.4 Å². The van der Waals surface area contributed by atoms with Crippen LogP contribution >= 0.6 is 23.2 Å². The van der Waals surface area contributed by atoms with E-state index in [1.165, 1.54) is 12.1 Å². The molecule has 1 heterocycles. The molecule has 2 aromatic rings. The van der Waals surface area contributed by atoms with E-state index in [1.807, 2.05) is 0 Å². The molecule has 1 aliphatic heterocycles. The number of esters is 1. The monoisotopic (exact) mass is 545 g/mol. The van der Waals surface area contributed by atoms with Gasteiger partial charge in [-0.05, 0) is 11.6 Å². The minimum absolute atomic E-state index is 0.0291. The fourth-order valence-corrected chi connectivity index (χ4v) is 3.86. The number of aliphatic hydroxyl groups is 3. The number of carbonyl (C=O) groups is 3. The van der Waals surface area contributed by atoms with Gasteiger partial charge in [0, 0.05) is 17.8 Å². The first kappa shape index (κ1) is 27.5. The second-order valence-corrected chi connectivity index (χ2v) is 8.44. The van der Waals surface area contributed by atoms with Crippen LogP contribution in [0, 0.1) is 0 Å². The Labute approximate surface area is 213 Å². The minimum atomic E-state index is -1.88. The standard InChI is InChI=1S/C22H21Cl2NO11/c23-11-6-10(35-22-19(31)17(29)18(30)20(36-22)21(32)33)7-12(24)16(11)25-13-4-2-1-3-9(13)5-15(28)34-8-14(26)27/h1-4,6-7,17-20,22,25,29-31H,5,8H2,(H,26,27)(H,32,33)/t17-,18-,19+,20-,22?/m0/s1. The topological polar surface area (TPSA) is 192 Å². The van der Waals surface area contributed by atoms with Crippen LogP contribution in [-0.2, 0) is 30.3 Å². The van der Waals surface area contributed by atoms with Crippen molar-refractivity contribution in [3.8, 4) is 5.75 Å². The highest BCUT2D eigenvalue weighted by Gasteiger charge is 2.48. The van der Waals surface area contributed by atoms with Crippen molar-refractivity contribution in [2.24, 2.45) is 0 Å². The molecular weight excluding hydrogens is 525 g/mol. The summed E-state index contributed by atoms with van der Waals surface area (Å²) in [6.45, 7) is -0.768.